The van der Waals surface area contributed by atoms with Gasteiger partial charge in [0.25, 0.3) is 0 Å². The second kappa shape index (κ2) is 4.33. The van der Waals surface area contributed by atoms with Crippen LogP contribution in [-0.4, -0.2) is 5.88 Å². The third-order valence-corrected chi connectivity index (χ3v) is 2.92. The summed E-state index contributed by atoms with van der Waals surface area (Å²) in [5.74, 6) is 1.28. The molecular formula is C7H5Br2ClO. The molecule has 0 saturated carbocycles. The molecule has 4 heteroatoms. The summed E-state index contributed by atoms with van der Waals surface area (Å²) in [6.07, 6.45) is 3.64. The van der Waals surface area contributed by atoms with Gasteiger partial charge in [-0.05, 0) is 44.0 Å². The summed E-state index contributed by atoms with van der Waals surface area (Å²) in [6.45, 7) is 0. The van der Waals surface area contributed by atoms with Crippen molar-refractivity contribution < 1.29 is 4.42 Å². The normalized spacial score (nSPS) is 11.2. The minimum Gasteiger partial charge on any atom is -0.449 e. The minimum absolute atomic E-state index is 0.496. The Morgan fingerprint density at radius 2 is 2.27 bits per heavy atom. The molecule has 0 amide bonds. The van der Waals surface area contributed by atoms with E-state index >= 15 is 0 Å². The lowest BCUT2D eigenvalue weighted by atomic mass is 10.4. The van der Waals surface area contributed by atoms with Crippen LogP contribution in [-0.2, 0) is 0 Å². The molecule has 1 heterocycles. The lowest BCUT2D eigenvalue weighted by Gasteiger charge is -1.80. The fourth-order valence-corrected chi connectivity index (χ4v) is 1.30. The molecule has 0 unspecified atom stereocenters. The first-order valence-corrected chi connectivity index (χ1v) is 5.03. The van der Waals surface area contributed by atoms with Gasteiger partial charge in [0.2, 0.25) is 0 Å². The Hall–Kier alpha value is 0.270. The van der Waals surface area contributed by atoms with Crippen LogP contribution in [0.5, 0.6) is 0 Å². The fourth-order valence-electron chi connectivity index (χ4n) is 0.606. The molecule has 1 nitrogen and oxygen atoms in total. The van der Waals surface area contributed by atoms with E-state index in [9.17, 15) is 0 Å². The molecule has 0 aromatic carbocycles. The summed E-state index contributed by atoms with van der Waals surface area (Å²) in [5.41, 5.74) is 0. The zero-order valence-corrected chi connectivity index (χ0v) is 9.41. The molecule has 60 valence electrons. The van der Waals surface area contributed by atoms with Crippen molar-refractivity contribution in [2.45, 2.75) is 0 Å². The van der Waals surface area contributed by atoms with E-state index in [0.29, 0.717) is 10.5 Å². The van der Waals surface area contributed by atoms with Gasteiger partial charge in [-0.25, -0.2) is 0 Å². The van der Waals surface area contributed by atoms with E-state index < -0.39 is 0 Å². The van der Waals surface area contributed by atoms with Crippen LogP contribution in [0.3, 0.4) is 0 Å². The highest BCUT2D eigenvalue weighted by Crippen LogP contribution is 2.27. The fraction of sp³-hybridized carbons (Fsp3) is 0.143. The van der Waals surface area contributed by atoms with E-state index in [2.05, 4.69) is 31.9 Å². The third-order valence-electron chi connectivity index (χ3n) is 1.04. The van der Waals surface area contributed by atoms with Gasteiger partial charge < -0.3 is 4.42 Å². The summed E-state index contributed by atoms with van der Waals surface area (Å²) in [4.78, 5) is 0. The van der Waals surface area contributed by atoms with E-state index in [0.717, 1.165) is 10.2 Å². The van der Waals surface area contributed by atoms with Crippen LogP contribution in [0, 0.1) is 0 Å². The van der Waals surface area contributed by atoms with Gasteiger partial charge in [-0.3, -0.25) is 0 Å². The van der Waals surface area contributed by atoms with Gasteiger partial charge in [0.05, 0.1) is 4.47 Å². The van der Waals surface area contributed by atoms with Crippen molar-refractivity contribution in [3.8, 4) is 0 Å². The second-order valence-electron chi connectivity index (χ2n) is 1.83. The minimum atomic E-state index is 0.496. The number of hydrogen-bond acceptors (Lipinski definition) is 1. The van der Waals surface area contributed by atoms with Crippen LogP contribution in [0.1, 0.15) is 5.76 Å². The van der Waals surface area contributed by atoms with E-state index in [4.69, 9.17) is 16.0 Å². The molecule has 0 radical (unpaired) electrons. The number of hydrogen-bond donors (Lipinski definition) is 0. The molecule has 0 N–H and O–H groups in total. The molecule has 0 saturated heterocycles. The first-order chi connectivity index (χ1) is 5.24. The van der Waals surface area contributed by atoms with Gasteiger partial charge in [-0.1, -0.05) is 6.08 Å². The van der Waals surface area contributed by atoms with Crippen LogP contribution in [0.2, 0.25) is 0 Å². The van der Waals surface area contributed by atoms with Crippen molar-refractivity contribution >= 4 is 49.5 Å². The van der Waals surface area contributed by atoms with E-state index in [-0.39, 0.29) is 0 Å². The van der Waals surface area contributed by atoms with Gasteiger partial charge in [0.15, 0.2) is 4.67 Å². The number of allylic oxidation sites excluding steroid dienone is 1. The lowest BCUT2D eigenvalue weighted by Crippen LogP contribution is -1.61. The monoisotopic (exact) mass is 298 g/mol. The maximum atomic E-state index is 5.45. The van der Waals surface area contributed by atoms with Crippen molar-refractivity contribution in [1.82, 2.24) is 0 Å². The van der Waals surface area contributed by atoms with Crippen molar-refractivity contribution in [1.29, 1.82) is 0 Å². The number of rotatable bonds is 2. The summed E-state index contributed by atoms with van der Waals surface area (Å²) in [5, 5.41) is 0. The average Bonchev–Trinajstić information content (AvgIpc) is 2.28. The van der Waals surface area contributed by atoms with Crippen molar-refractivity contribution in [2.24, 2.45) is 0 Å². The maximum Gasteiger partial charge on any atom is 0.184 e. The lowest BCUT2D eigenvalue weighted by molar-refractivity contribution is 0.530. The standard InChI is InChI=1S/C7H5Br2ClO/c8-6-4-5(2-1-3-10)11-7(6)9/h1-2,4H,3H2/b2-1+. The van der Waals surface area contributed by atoms with Gasteiger partial charge in [0, 0.05) is 5.88 Å². The first kappa shape index (κ1) is 9.36. The largest absolute Gasteiger partial charge is 0.449 e. The smallest absolute Gasteiger partial charge is 0.184 e. The van der Waals surface area contributed by atoms with Crippen LogP contribution in [0.15, 0.2) is 25.7 Å². The van der Waals surface area contributed by atoms with Gasteiger partial charge >= 0.3 is 0 Å². The Balaban J connectivity index is 2.80. The Kier molecular flexibility index (Phi) is 3.69. The number of halogens is 3. The molecule has 1 rings (SSSR count). The summed E-state index contributed by atoms with van der Waals surface area (Å²) < 4.78 is 6.85. The zero-order valence-electron chi connectivity index (χ0n) is 5.48. The second-order valence-corrected chi connectivity index (χ2v) is 3.71. The van der Waals surface area contributed by atoms with E-state index in [1.807, 2.05) is 18.2 Å². The molecule has 1 aromatic rings. The molecule has 0 aliphatic carbocycles. The highest BCUT2D eigenvalue weighted by Gasteiger charge is 2.01. The van der Waals surface area contributed by atoms with E-state index in [1.54, 1.807) is 0 Å². The first-order valence-electron chi connectivity index (χ1n) is 2.91. The van der Waals surface area contributed by atoms with E-state index in [1.165, 1.54) is 0 Å². The summed E-state index contributed by atoms with van der Waals surface area (Å²) in [6, 6.07) is 1.87. The van der Waals surface area contributed by atoms with Gasteiger partial charge in [-0.15, -0.1) is 11.6 Å². The highest BCUT2D eigenvalue weighted by molar-refractivity contribution is 9.13. The Morgan fingerprint density at radius 3 is 2.73 bits per heavy atom. The number of furan rings is 1. The van der Waals surface area contributed by atoms with Crippen LogP contribution >= 0.6 is 43.5 Å². The SMILES string of the molecule is ClC/C=C/c1cc(Br)c(Br)o1. The predicted molar refractivity (Wildman–Crippen MR) is 53.9 cm³/mol. The molecule has 1 aromatic heterocycles. The summed E-state index contributed by atoms with van der Waals surface area (Å²) >= 11 is 12.0. The van der Waals surface area contributed by atoms with Gasteiger partial charge in [0.1, 0.15) is 5.76 Å². The molecule has 0 bridgehead atoms. The number of alkyl halides is 1. The maximum absolute atomic E-state index is 5.45. The molecule has 0 aliphatic heterocycles. The highest BCUT2D eigenvalue weighted by atomic mass is 79.9. The van der Waals surface area contributed by atoms with Crippen LogP contribution in [0.4, 0.5) is 0 Å². The Morgan fingerprint density at radius 1 is 1.55 bits per heavy atom. The predicted octanol–water partition coefficient (Wildman–Crippen LogP) is 4.06. The molecular weight excluding hydrogens is 295 g/mol. The van der Waals surface area contributed by atoms with Crippen LogP contribution in [0.25, 0.3) is 6.08 Å². The Bertz CT molecular complexity index is 248. The Labute approximate surface area is 86.7 Å². The zero-order chi connectivity index (χ0) is 8.27. The van der Waals surface area contributed by atoms with Crippen molar-refractivity contribution in [2.75, 3.05) is 5.88 Å². The molecule has 11 heavy (non-hydrogen) atoms. The quantitative estimate of drug-likeness (QED) is 0.751. The average molecular weight is 300 g/mol. The molecule has 0 fully saturated rings. The van der Waals surface area contributed by atoms with Crippen molar-refractivity contribution in [3.63, 3.8) is 0 Å². The summed E-state index contributed by atoms with van der Waals surface area (Å²) in [7, 11) is 0. The molecule has 0 spiro atoms. The van der Waals surface area contributed by atoms with Crippen LogP contribution < -0.4 is 0 Å². The molecule has 0 atom stereocenters. The molecule has 0 aliphatic rings. The van der Waals surface area contributed by atoms with Crippen molar-refractivity contribution in [3.05, 3.63) is 27.0 Å². The third kappa shape index (κ3) is 2.65. The van der Waals surface area contributed by atoms with Gasteiger partial charge in [-0.2, -0.15) is 0 Å². The topological polar surface area (TPSA) is 13.1 Å².